The maximum atomic E-state index is 9.40. The number of hydrogen-bond acceptors (Lipinski definition) is 2. The van der Waals surface area contributed by atoms with Crippen molar-refractivity contribution in [3.8, 4) is 6.07 Å². The standard InChI is InChI=1S/C16H29N3OSi2/c1-10-15(3,12-17)13-21(6,7)20-22(8,9)14-16(11-2,18-4)19-5/h10-11,13-14H2,1-3,6-9H3. The van der Waals surface area contributed by atoms with Crippen molar-refractivity contribution in [3.05, 3.63) is 22.8 Å². The topological polar surface area (TPSA) is 41.7 Å². The van der Waals surface area contributed by atoms with Crippen molar-refractivity contribution in [3.63, 3.8) is 0 Å². The molecule has 0 rings (SSSR count). The van der Waals surface area contributed by atoms with E-state index in [9.17, 15) is 5.26 Å². The quantitative estimate of drug-likeness (QED) is 0.446. The normalized spacial score (nSPS) is 15.3. The molecule has 22 heavy (non-hydrogen) atoms. The molecule has 0 aliphatic rings. The van der Waals surface area contributed by atoms with Crippen LogP contribution in [0.2, 0.25) is 38.3 Å². The van der Waals surface area contributed by atoms with Gasteiger partial charge in [-0.2, -0.15) is 5.26 Å². The summed E-state index contributed by atoms with van der Waals surface area (Å²) in [5, 5.41) is 9.40. The summed E-state index contributed by atoms with van der Waals surface area (Å²) in [6, 6.07) is 3.75. The Morgan fingerprint density at radius 2 is 1.45 bits per heavy atom. The summed E-state index contributed by atoms with van der Waals surface area (Å²) in [6.07, 6.45) is 1.35. The van der Waals surface area contributed by atoms with Crippen molar-refractivity contribution in [1.82, 2.24) is 0 Å². The Kier molecular flexibility index (Phi) is 7.04. The summed E-state index contributed by atoms with van der Waals surface area (Å²) in [5.74, 6) is 0. The lowest BCUT2D eigenvalue weighted by Crippen LogP contribution is -2.49. The Bertz CT molecular complexity index is 497. The average Bonchev–Trinajstić information content (AvgIpc) is 2.43. The minimum Gasteiger partial charge on any atom is -0.455 e. The summed E-state index contributed by atoms with van der Waals surface area (Å²) in [7, 11) is -4.16. The molecule has 0 aromatic rings. The maximum absolute atomic E-state index is 9.40. The predicted octanol–water partition coefficient (Wildman–Crippen LogP) is 5.30. The summed E-state index contributed by atoms with van der Waals surface area (Å²) < 4.78 is 6.53. The smallest absolute Gasteiger partial charge is 0.455 e. The summed E-state index contributed by atoms with van der Waals surface area (Å²) >= 11 is 0. The Balaban J connectivity index is 5.17. The van der Waals surface area contributed by atoms with Crippen LogP contribution in [-0.2, 0) is 4.12 Å². The lowest BCUT2D eigenvalue weighted by atomic mass is 9.92. The first-order valence-electron chi connectivity index (χ1n) is 7.81. The molecule has 1 unspecified atom stereocenters. The van der Waals surface area contributed by atoms with E-state index in [1.54, 1.807) is 0 Å². The van der Waals surface area contributed by atoms with Crippen molar-refractivity contribution < 1.29 is 4.12 Å². The van der Waals surface area contributed by atoms with Gasteiger partial charge in [-0.3, -0.25) is 0 Å². The van der Waals surface area contributed by atoms with Crippen LogP contribution in [0.1, 0.15) is 33.6 Å². The van der Waals surface area contributed by atoms with Crippen LogP contribution in [0.25, 0.3) is 9.69 Å². The first-order chi connectivity index (χ1) is 9.92. The van der Waals surface area contributed by atoms with E-state index in [2.05, 4.69) is 41.9 Å². The van der Waals surface area contributed by atoms with Gasteiger partial charge in [0.25, 0.3) is 0 Å². The summed E-state index contributed by atoms with van der Waals surface area (Å²) in [6.45, 7) is 29.2. The summed E-state index contributed by atoms with van der Waals surface area (Å²) in [5.41, 5.74) is -1.31. The summed E-state index contributed by atoms with van der Waals surface area (Å²) in [4.78, 5) is 7.18. The molecule has 0 heterocycles. The second-order valence-electron chi connectivity index (χ2n) is 7.56. The zero-order valence-corrected chi connectivity index (χ0v) is 17.1. The zero-order chi connectivity index (χ0) is 17.7. The van der Waals surface area contributed by atoms with Gasteiger partial charge in [-0.25, -0.2) is 22.8 Å². The largest absolute Gasteiger partial charge is 0.481 e. The highest BCUT2D eigenvalue weighted by Crippen LogP contribution is 2.37. The fourth-order valence-corrected chi connectivity index (χ4v) is 13.6. The van der Waals surface area contributed by atoms with Crippen LogP contribution in [0, 0.1) is 29.9 Å². The molecule has 0 spiro atoms. The minimum atomic E-state index is -2.14. The highest BCUT2D eigenvalue weighted by Gasteiger charge is 2.50. The van der Waals surface area contributed by atoms with E-state index >= 15 is 0 Å². The van der Waals surface area contributed by atoms with Crippen LogP contribution in [0.15, 0.2) is 0 Å². The number of hydrogen-bond donors (Lipinski definition) is 0. The van der Waals surface area contributed by atoms with E-state index in [4.69, 9.17) is 17.3 Å². The molecule has 1 atom stereocenters. The molecular weight excluding hydrogens is 306 g/mol. The highest BCUT2D eigenvalue weighted by molar-refractivity contribution is 6.85. The van der Waals surface area contributed by atoms with E-state index in [1.165, 1.54) is 0 Å². The monoisotopic (exact) mass is 335 g/mol. The molecule has 4 nitrogen and oxygen atoms in total. The zero-order valence-electron chi connectivity index (χ0n) is 15.1. The van der Waals surface area contributed by atoms with Crippen molar-refractivity contribution in [2.75, 3.05) is 0 Å². The molecule has 0 N–H and O–H groups in total. The predicted molar refractivity (Wildman–Crippen MR) is 95.9 cm³/mol. The van der Waals surface area contributed by atoms with Gasteiger partial charge in [-0.1, -0.05) is 6.92 Å². The number of rotatable bonds is 8. The third-order valence-corrected chi connectivity index (χ3v) is 11.6. The van der Waals surface area contributed by atoms with E-state index in [0.29, 0.717) is 12.5 Å². The van der Waals surface area contributed by atoms with Gasteiger partial charge < -0.3 is 4.12 Å². The van der Waals surface area contributed by atoms with Gasteiger partial charge in [0.05, 0.1) is 11.5 Å². The van der Waals surface area contributed by atoms with E-state index in [1.807, 2.05) is 20.8 Å². The van der Waals surface area contributed by atoms with Gasteiger partial charge in [-0.05, 0) is 52.5 Å². The number of nitrogens with zero attached hydrogens (tertiary/aromatic N) is 3. The van der Waals surface area contributed by atoms with Crippen LogP contribution in [0.3, 0.4) is 0 Å². The van der Waals surface area contributed by atoms with Gasteiger partial charge in [0.1, 0.15) is 12.5 Å². The van der Waals surface area contributed by atoms with Gasteiger partial charge >= 0.3 is 5.66 Å². The molecule has 6 heteroatoms. The van der Waals surface area contributed by atoms with Gasteiger partial charge in [0.15, 0.2) is 16.6 Å². The van der Waals surface area contributed by atoms with Crippen LogP contribution in [0.4, 0.5) is 0 Å². The second kappa shape index (κ2) is 7.42. The molecule has 0 aliphatic heterocycles. The van der Waals surface area contributed by atoms with Gasteiger partial charge in [0, 0.05) is 0 Å². The lowest BCUT2D eigenvalue weighted by Gasteiger charge is -2.37. The molecule has 0 aromatic carbocycles. The van der Waals surface area contributed by atoms with E-state index in [-0.39, 0.29) is 5.41 Å². The molecule has 122 valence electrons. The molecule has 0 fully saturated rings. The molecule has 0 bridgehead atoms. The Hall–Kier alpha value is -1.14. The Morgan fingerprint density at radius 1 is 1.00 bits per heavy atom. The van der Waals surface area contributed by atoms with Crippen molar-refractivity contribution >= 4 is 16.6 Å². The molecule has 0 aliphatic carbocycles. The SMILES string of the molecule is [C-]#[N+]C(CC)(C[Si](C)(C)O[Si](C)(C)CC(C)(C#N)CC)[N+]#[C-]. The van der Waals surface area contributed by atoms with Crippen molar-refractivity contribution in [1.29, 1.82) is 5.26 Å². The Morgan fingerprint density at radius 3 is 1.77 bits per heavy atom. The lowest BCUT2D eigenvalue weighted by molar-refractivity contribution is 0.430. The Labute approximate surface area is 138 Å². The molecular formula is C16H29N3OSi2. The average molecular weight is 336 g/mol. The minimum absolute atomic E-state index is 0.346. The van der Waals surface area contributed by atoms with Crippen LogP contribution >= 0.6 is 0 Å². The fraction of sp³-hybridized carbons (Fsp3) is 0.812. The first kappa shape index (κ1) is 20.9. The van der Waals surface area contributed by atoms with Crippen LogP contribution in [0.5, 0.6) is 0 Å². The van der Waals surface area contributed by atoms with Crippen molar-refractivity contribution in [2.24, 2.45) is 5.41 Å². The second-order valence-corrected chi connectivity index (χ2v) is 16.1. The van der Waals surface area contributed by atoms with Crippen molar-refractivity contribution in [2.45, 2.75) is 77.6 Å². The molecule has 0 aromatic heterocycles. The van der Waals surface area contributed by atoms with Crippen LogP contribution < -0.4 is 0 Å². The first-order valence-corrected chi connectivity index (χ1v) is 14.0. The van der Waals surface area contributed by atoms with E-state index < -0.39 is 22.3 Å². The molecule has 0 saturated carbocycles. The van der Waals surface area contributed by atoms with Gasteiger partial charge in [0.2, 0.25) is 0 Å². The number of nitriles is 1. The molecule has 0 saturated heterocycles. The fourth-order valence-electron chi connectivity index (χ4n) is 3.07. The molecule has 0 amide bonds. The molecule has 0 radical (unpaired) electrons. The highest BCUT2D eigenvalue weighted by atomic mass is 28.4. The van der Waals surface area contributed by atoms with Crippen LogP contribution in [-0.4, -0.2) is 22.3 Å². The van der Waals surface area contributed by atoms with Gasteiger partial charge in [-0.15, -0.1) is 0 Å². The third kappa shape index (κ3) is 5.93. The third-order valence-electron chi connectivity index (χ3n) is 4.11. The van der Waals surface area contributed by atoms with E-state index in [0.717, 1.165) is 12.5 Å². The maximum Gasteiger partial charge on any atom is 0.481 e.